The molecule has 0 fully saturated rings. The van der Waals surface area contributed by atoms with Crippen LogP contribution in [0.5, 0.6) is 0 Å². The average Bonchev–Trinajstić information content (AvgIpc) is 2.26. The molecule has 7 heteroatoms. The van der Waals surface area contributed by atoms with Crippen LogP contribution in [0, 0.1) is 0 Å². The van der Waals surface area contributed by atoms with Crippen LogP contribution in [0.2, 0.25) is 0 Å². The molecule has 0 amide bonds. The Morgan fingerprint density at radius 1 is 1.50 bits per heavy atom. The van der Waals surface area contributed by atoms with Gasteiger partial charge in [-0.05, 0) is 18.6 Å². The fourth-order valence-electron chi connectivity index (χ4n) is 1.15. The fourth-order valence-corrected chi connectivity index (χ4v) is 1.70. The van der Waals surface area contributed by atoms with Crippen LogP contribution in [-0.4, -0.2) is 25.8 Å². The molecule has 0 saturated carbocycles. The zero-order valence-corrected chi connectivity index (χ0v) is 10.1. The predicted octanol–water partition coefficient (Wildman–Crippen LogP) is -0.389. The second-order valence-electron chi connectivity index (χ2n) is 3.53. The van der Waals surface area contributed by atoms with E-state index in [0.717, 1.165) is 5.56 Å². The maximum Gasteiger partial charge on any atom is 0.230 e. The minimum absolute atomic E-state index is 0.404. The Bertz CT molecular complexity index is 443. The number of nitrogens with two attached hydrogens (primary N) is 2. The number of primary sulfonamides is 1. The second-order valence-corrected chi connectivity index (χ2v) is 5.39. The van der Waals surface area contributed by atoms with E-state index in [1.54, 1.807) is 25.4 Å². The maximum atomic E-state index is 11.2. The number of aromatic nitrogens is 1. The molecule has 0 spiro atoms. The molecule has 16 heavy (non-hydrogen) atoms. The quantitative estimate of drug-likeness (QED) is 0.751. The van der Waals surface area contributed by atoms with Crippen molar-refractivity contribution in [2.24, 2.45) is 10.9 Å². The zero-order chi connectivity index (χ0) is 12.3. The molecule has 1 aromatic rings. The Hall–Kier alpha value is -1.18. The van der Waals surface area contributed by atoms with Crippen molar-refractivity contribution >= 4 is 15.8 Å². The van der Waals surface area contributed by atoms with Crippen LogP contribution < -0.4 is 15.8 Å². The van der Waals surface area contributed by atoms with E-state index in [-0.39, 0.29) is 0 Å². The van der Waals surface area contributed by atoms with Crippen molar-refractivity contribution in [3.8, 4) is 0 Å². The zero-order valence-electron chi connectivity index (χ0n) is 9.29. The van der Waals surface area contributed by atoms with E-state index < -0.39 is 15.4 Å². The number of anilines is 1. The molecule has 0 aliphatic heterocycles. The van der Waals surface area contributed by atoms with Gasteiger partial charge in [-0.15, -0.1) is 0 Å². The molecule has 90 valence electrons. The Morgan fingerprint density at radius 2 is 2.12 bits per heavy atom. The molecule has 6 nitrogen and oxygen atoms in total. The highest BCUT2D eigenvalue weighted by Gasteiger charge is 2.21. The first kappa shape index (κ1) is 12.9. The van der Waals surface area contributed by atoms with E-state index in [2.05, 4.69) is 4.98 Å². The van der Waals surface area contributed by atoms with Crippen LogP contribution in [-0.2, 0) is 16.6 Å². The number of rotatable bonds is 4. The van der Waals surface area contributed by atoms with Crippen LogP contribution in [0.1, 0.15) is 12.5 Å². The second kappa shape index (κ2) is 4.77. The lowest BCUT2D eigenvalue weighted by atomic mass is 10.3. The van der Waals surface area contributed by atoms with Crippen LogP contribution in [0.25, 0.3) is 0 Å². The van der Waals surface area contributed by atoms with Gasteiger partial charge in [0.2, 0.25) is 10.0 Å². The number of pyridine rings is 1. The Kier molecular flexibility index (Phi) is 3.84. The molecule has 1 heterocycles. The molecule has 1 atom stereocenters. The molecule has 4 N–H and O–H groups in total. The van der Waals surface area contributed by atoms with E-state index >= 15 is 0 Å². The van der Waals surface area contributed by atoms with Gasteiger partial charge in [0.05, 0.1) is 0 Å². The van der Waals surface area contributed by atoms with Crippen molar-refractivity contribution in [3.63, 3.8) is 0 Å². The van der Waals surface area contributed by atoms with Gasteiger partial charge in [-0.25, -0.2) is 18.5 Å². The van der Waals surface area contributed by atoms with Gasteiger partial charge in [0.1, 0.15) is 11.2 Å². The third kappa shape index (κ3) is 2.91. The highest BCUT2D eigenvalue weighted by Crippen LogP contribution is 2.14. The number of nitrogens with zero attached hydrogens (tertiary/aromatic N) is 2. The summed E-state index contributed by atoms with van der Waals surface area (Å²) in [6.45, 7) is 1.91. The van der Waals surface area contributed by atoms with Crippen LogP contribution in [0.3, 0.4) is 0 Å². The van der Waals surface area contributed by atoms with Gasteiger partial charge < -0.3 is 10.6 Å². The summed E-state index contributed by atoms with van der Waals surface area (Å²) in [6.07, 6.45) is 1.61. The maximum absolute atomic E-state index is 11.2. The molecule has 0 saturated heterocycles. The average molecular weight is 244 g/mol. The summed E-state index contributed by atoms with van der Waals surface area (Å²) in [5.74, 6) is 0.540. The van der Waals surface area contributed by atoms with E-state index in [0.29, 0.717) is 12.4 Å². The number of hydrogen-bond donors (Lipinski definition) is 2. The topological polar surface area (TPSA) is 102 Å². The number of sulfonamides is 1. The van der Waals surface area contributed by atoms with E-state index in [1.165, 1.54) is 11.8 Å². The Labute approximate surface area is 95.3 Å². The first-order valence-electron chi connectivity index (χ1n) is 4.75. The minimum atomic E-state index is -3.60. The van der Waals surface area contributed by atoms with Gasteiger partial charge in [-0.2, -0.15) is 0 Å². The standard InChI is InChI=1S/C9H16N4O2S/c1-7(16(11,14)15)13(2)9-4-3-8(5-10)6-12-9/h3-4,6-7H,5,10H2,1-2H3,(H2,11,14,15). The summed E-state index contributed by atoms with van der Waals surface area (Å²) in [5, 5.41) is 4.24. The summed E-state index contributed by atoms with van der Waals surface area (Å²) in [4.78, 5) is 5.61. The SMILES string of the molecule is CC(N(C)c1ccc(CN)cn1)S(N)(=O)=O. The molecule has 1 aromatic heterocycles. The van der Waals surface area contributed by atoms with Crippen LogP contribution in [0.15, 0.2) is 18.3 Å². The highest BCUT2D eigenvalue weighted by molar-refractivity contribution is 7.89. The molecule has 0 aromatic carbocycles. The molecule has 0 aliphatic rings. The Balaban J connectivity index is 2.92. The van der Waals surface area contributed by atoms with Crippen molar-refractivity contribution in [2.45, 2.75) is 18.8 Å². The lowest BCUT2D eigenvalue weighted by molar-refractivity contribution is 0.583. The summed E-state index contributed by atoms with van der Waals surface area (Å²) >= 11 is 0. The molecule has 0 bridgehead atoms. The molecular weight excluding hydrogens is 228 g/mol. The van der Waals surface area contributed by atoms with Gasteiger partial charge in [-0.3, -0.25) is 0 Å². The molecule has 0 aliphatic carbocycles. The van der Waals surface area contributed by atoms with Crippen molar-refractivity contribution in [2.75, 3.05) is 11.9 Å². The van der Waals surface area contributed by atoms with Gasteiger partial charge in [0.15, 0.2) is 0 Å². The van der Waals surface area contributed by atoms with Crippen LogP contribution >= 0.6 is 0 Å². The van der Waals surface area contributed by atoms with E-state index in [1.807, 2.05) is 0 Å². The molecular formula is C9H16N4O2S. The first-order valence-corrected chi connectivity index (χ1v) is 6.36. The largest absolute Gasteiger partial charge is 0.342 e. The third-order valence-electron chi connectivity index (χ3n) is 2.43. The summed E-state index contributed by atoms with van der Waals surface area (Å²) < 4.78 is 22.3. The summed E-state index contributed by atoms with van der Waals surface area (Å²) in [7, 11) is -1.98. The van der Waals surface area contributed by atoms with Crippen LogP contribution in [0.4, 0.5) is 5.82 Å². The van der Waals surface area contributed by atoms with Gasteiger partial charge in [0.25, 0.3) is 0 Å². The lowest BCUT2D eigenvalue weighted by Crippen LogP contribution is -2.40. The van der Waals surface area contributed by atoms with Crippen molar-refractivity contribution in [1.29, 1.82) is 0 Å². The van der Waals surface area contributed by atoms with Crippen molar-refractivity contribution < 1.29 is 8.42 Å². The predicted molar refractivity (Wildman–Crippen MR) is 63.1 cm³/mol. The van der Waals surface area contributed by atoms with E-state index in [4.69, 9.17) is 10.9 Å². The smallest absolute Gasteiger partial charge is 0.230 e. The molecule has 1 unspecified atom stereocenters. The van der Waals surface area contributed by atoms with Gasteiger partial charge in [0, 0.05) is 19.8 Å². The van der Waals surface area contributed by atoms with Crippen molar-refractivity contribution in [1.82, 2.24) is 4.98 Å². The van der Waals surface area contributed by atoms with Gasteiger partial charge in [-0.1, -0.05) is 6.07 Å². The summed E-state index contributed by atoms with van der Waals surface area (Å²) in [5.41, 5.74) is 6.32. The minimum Gasteiger partial charge on any atom is -0.342 e. The summed E-state index contributed by atoms with van der Waals surface area (Å²) in [6, 6.07) is 3.51. The lowest BCUT2D eigenvalue weighted by Gasteiger charge is -2.23. The third-order valence-corrected chi connectivity index (χ3v) is 3.69. The van der Waals surface area contributed by atoms with Gasteiger partial charge >= 0.3 is 0 Å². The van der Waals surface area contributed by atoms with E-state index in [9.17, 15) is 8.42 Å². The highest BCUT2D eigenvalue weighted by atomic mass is 32.2. The Morgan fingerprint density at radius 3 is 2.50 bits per heavy atom. The molecule has 0 radical (unpaired) electrons. The fraction of sp³-hybridized carbons (Fsp3) is 0.444. The number of hydrogen-bond acceptors (Lipinski definition) is 5. The van der Waals surface area contributed by atoms with Crippen molar-refractivity contribution in [3.05, 3.63) is 23.9 Å². The normalized spacial score (nSPS) is 13.5. The monoisotopic (exact) mass is 244 g/mol. The molecule has 1 rings (SSSR count). The first-order chi connectivity index (χ1) is 7.36.